The van der Waals surface area contributed by atoms with E-state index >= 15 is 0 Å². The van der Waals surface area contributed by atoms with Crippen LogP contribution in [0.4, 0.5) is 8.78 Å². The van der Waals surface area contributed by atoms with Crippen molar-refractivity contribution in [2.24, 2.45) is 0 Å². The van der Waals surface area contributed by atoms with Gasteiger partial charge in [-0.2, -0.15) is 0 Å². The summed E-state index contributed by atoms with van der Waals surface area (Å²) in [5.41, 5.74) is 0.182. The number of nitrogens with zero attached hydrogens (tertiary/aromatic N) is 1. The first-order valence-electron chi connectivity index (χ1n) is 6.02. The first-order chi connectivity index (χ1) is 8.59. The molecule has 1 N–H and O–H groups in total. The monoisotopic (exact) mass is 254 g/mol. The third-order valence-electron chi connectivity index (χ3n) is 3.31. The second kappa shape index (κ2) is 5.44. The topological polar surface area (TPSA) is 32.3 Å². The van der Waals surface area contributed by atoms with Crippen LogP contribution >= 0.6 is 0 Å². The van der Waals surface area contributed by atoms with E-state index in [0.717, 1.165) is 38.1 Å². The predicted molar refractivity (Wildman–Crippen MR) is 64.3 cm³/mol. The van der Waals surface area contributed by atoms with Gasteiger partial charge in [-0.3, -0.25) is 4.79 Å². The van der Waals surface area contributed by atoms with Gasteiger partial charge in [0, 0.05) is 25.2 Å². The zero-order valence-corrected chi connectivity index (χ0v) is 10.2. The molecule has 5 heteroatoms. The summed E-state index contributed by atoms with van der Waals surface area (Å²) in [4.78, 5) is 13.7. The van der Waals surface area contributed by atoms with Crippen LogP contribution in [-0.4, -0.2) is 37.0 Å². The van der Waals surface area contributed by atoms with E-state index in [2.05, 4.69) is 5.32 Å². The third-order valence-corrected chi connectivity index (χ3v) is 3.31. The lowest BCUT2D eigenvalue weighted by atomic mass is 10.1. The molecule has 1 aliphatic rings. The highest BCUT2D eigenvalue weighted by molar-refractivity contribution is 5.94. The summed E-state index contributed by atoms with van der Waals surface area (Å²) >= 11 is 0. The molecule has 0 radical (unpaired) electrons. The van der Waals surface area contributed by atoms with E-state index in [1.807, 2.05) is 0 Å². The molecule has 0 spiro atoms. The fourth-order valence-electron chi connectivity index (χ4n) is 2.16. The summed E-state index contributed by atoms with van der Waals surface area (Å²) < 4.78 is 25.9. The summed E-state index contributed by atoms with van der Waals surface area (Å²) in [6, 6.07) is 3.35. The Kier molecular flexibility index (Phi) is 3.91. The van der Waals surface area contributed by atoms with Gasteiger partial charge in [0.15, 0.2) is 11.6 Å². The number of benzene rings is 1. The Balaban J connectivity index is 2.11. The van der Waals surface area contributed by atoms with E-state index in [4.69, 9.17) is 0 Å². The molecule has 1 amide bonds. The van der Waals surface area contributed by atoms with E-state index in [-0.39, 0.29) is 17.5 Å². The molecule has 0 aromatic heterocycles. The summed E-state index contributed by atoms with van der Waals surface area (Å²) in [5.74, 6) is -2.20. The van der Waals surface area contributed by atoms with E-state index in [1.165, 1.54) is 6.07 Å². The van der Waals surface area contributed by atoms with E-state index in [0.29, 0.717) is 0 Å². The first-order valence-corrected chi connectivity index (χ1v) is 6.02. The van der Waals surface area contributed by atoms with Crippen molar-refractivity contribution in [3.05, 3.63) is 35.4 Å². The first kappa shape index (κ1) is 13.0. The number of likely N-dealkylation sites (N-methyl/N-ethyl adjacent to an activating group) is 1. The maximum Gasteiger partial charge on any atom is 0.253 e. The highest BCUT2D eigenvalue weighted by Crippen LogP contribution is 2.14. The molecule has 1 aliphatic heterocycles. The van der Waals surface area contributed by atoms with Gasteiger partial charge in [0.05, 0.1) is 0 Å². The largest absolute Gasteiger partial charge is 0.337 e. The minimum Gasteiger partial charge on any atom is -0.337 e. The summed E-state index contributed by atoms with van der Waals surface area (Å²) in [6.07, 6.45) is 1.94. The molecule has 1 saturated heterocycles. The van der Waals surface area contributed by atoms with E-state index in [1.54, 1.807) is 11.9 Å². The van der Waals surface area contributed by atoms with Gasteiger partial charge >= 0.3 is 0 Å². The maximum atomic E-state index is 13.1. The Morgan fingerprint density at radius 2 is 2.17 bits per heavy atom. The summed E-state index contributed by atoms with van der Waals surface area (Å²) in [7, 11) is 1.70. The SMILES string of the molecule is CN(C(=O)c1ccc(F)c(F)c1)C1CCCNC1. The second-order valence-electron chi connectivity index (χ2n) is 4.55. The third kappa shape index (κ3) is 2.67. The molecule has 1 heterocycles. The van der Waals surface area contributed by atoms with Crippen LogP contribution in [0.15, 0.2) is 18.2 Å². The number of rotatable bonds is 2. The highest BCUT2D eigenvalue weighted by atomic mass is 19.2. The molecule has 1 aromatic rings. The fourth-order valence-corrected chi connectivity index (χ4v) is 2.16. The van der Waals surface area contributed by atoms with Gasteiger partial charge in [0.1, 0.15) is 0 Å². The Morgan fingerprint density at radius 3 is 2.78 bits per heavy atom. The van der Waals surface area contributed by atoms with E-state index in [9.17, 15) is 13.6 Å². The molecular formula is C13H16F2N2O. The fraction of sp³-hybridized carbons (Fsp3) is 0.462. The van der Waals surface area contributed by atoms with Crippen LogP contribution in [0.25, 0.3) is 0 Å². The molecule has 18 heavy (non-hydrogen) atoms. The zero-order valence-electron chi connectivity index (χ0n) is 10.2. The number of carbonyl (C=O) groups is 1. The Bertz CT molecular complexity index is 445. The Labute approximate surface area is 105 Å². The minimum atomic E-state index is -0.990. The van der Waals surface area contributed by atoms with Crippen LogP contribution in [0.5, 0.6) is 0 Å². The average molecular weight is 254 g/mol. The lowest BCUT2D eigenvalue weighted by Gasteiger charge is -2.31. The van der Waals surface area contributed by atoms with Gasteiger partial charge in [-0.15, -0.1) is 0 Å². The molecule has 3 nitrogen and oxygen atoms in total. The molecule has 1 atom stereocenters. The quantitative estimate of drug-likeness (QED) is 0.872. The highest BCUT2D eigenvalue weighted by Gasteiger charge is 2.23. The van der Waals surface area contributed by atoms with Gasteiger partial charge in [0.25, 0.3) is 5.91 Å². The normalized spacial score (nSPS) is 19.6. The van der Waals surface area contributed by atoms with Crippen LogP contribution in [0.2, 0.25) is 0 Å². The molecule has 1 aromatic carbocycles. The molecule has 1 fully saturated rings. The second-order valence-corrected chi connectivity index (χ2v) is 4.55. The number of amides is 1. The van der Waals surface area contributed by atoms with Crippen molar-refractivity contribution in [2.45, 2.75) is 18.9 Å². The number of halogens is 2. The van der Waals surface area contributed by atoms with Crippen molar-refractivity contribution in [3.8, 4) is 0 Å². The number of hydrogen-bond donors (Lipinski definition) is 1. The molecular weight excluding hydrogens is 238 g/mol. The van der Waals surface area contributed by atoms with E-state index < -0.39 is 11.6 Å². The van der Waals surface area contributed by atoms with Crippen LogP contribution in [-0.2, 0) is 0 Å². The minimum absolute atomic E-state index is 0.111. The van der Waals surface area contributed by atoms with Crippen molar-refractivity contribution in [2.75, 3.05) is 20.1 Å². The van der Waals surface area contributed by atoms with Crippen molar-refractivity contribution in [3.63, 3.8) is 0 Å². The molecule has 1 unspecified atom stereocenters. The standard InChI is InChI=1S/C13H16F2N2O/c1-17(10-3-2-6-16-8-10)13(18)9-4-5-11(14)12(15)7-9/h4-5,7,10,16H,2-3,6,8H2,1H3. The number of hydrogen-bond acceptors (Lipinski definition) is 2. The lowest BCUT2D eigenvalue weighted by Crippen LogP contribution is -2.46. The maximum absolute atomic E-state index is 13.1. The van der Waals surface area contributed by atoms with Crippen LogP contribution in [0.1, 0.15) is 23.2 Å². The number of nitrogens with one attached hydrogen (secondary N) is 1. The Morgan fingerprint density at radius 1 is 1.39 bits per heavy atom. The van der Waals surface area contributed by atoms with Crippen LogP contribution < -0.4 is 5.32 Å². The summed E-state index contributed by atoms with van der Waals surface area (Å²) in [6.45, 7) is 1.70. The van der Waals surface area contributed by atoms with Crippen molar-refractivity contribution >= 4 is 5.91 Å². The van der Waals surface area contributed by atoms with Gasteiger partial charge in [-0.1, -0.05) is 0 Å². The summed E-state index contributed by atoms with van der Waals surface area (Å²) in [5, 5.41) is 3.21. The van der Waals surface area contributed by atoms with Crippen LogP contribution in [0, 0.1) is 11.6 Å². The van der Waals surface area contributed by atoms with Gasteiger partial charge < -0.3 is 10.2 Å². The zero-order chi connectivity index (χ0) is 13.1. The smallest absolute Gasteiger partial charge is 0.253 e. The van der Waals surface area contributed by atoms with Gasteiger partial charge in [-0.25, -0.2) is 8.78 Å². The van der Waals surface area contributed by atoms with Crippen molar-refractivity contribution < 1.29 is 13.6 Å². The molecule has 0 bridgehead atoms. The molecule has 2 rings (SSSR count). The van der Waals surface area contributed by atoms with Crippen molar-refractivity contribution in [1.29, 1.82) is 0 Å². The Hall–Kier alpha value is -1.49. The van der Waals surface area contributed by atoms with Crippen molar-refractivity contribution in [1.82, 2.24) is 10.2 Å². The predicted octanol–water partition coefficient (Wildman–Crippen LogP) is 1.79. The lowest BCUT2D eigenvalue weighted by molar-refractivity contribution is 0.0707. The average Bonchev–Trinajstić information content (AvgIpc) is 2.41. The number of carbonyl (C=O) groups excluding carboxylic acids is 1. The van der Waals surface area contributed by atoms with Crippen LogP contribution in [0.3, 0.4) is 0 Å². The number of piperidine rings is 1. The molecule has 98 valence electrons. The molecule has 0 saturated carbocycles. The molecule has 0 aliphatic carbocycles. The van der Waals surface area contributed by atoms with Gasteiger partial charge in [0.2, 0.25) is 0 Å². The van der Waals surface area contributed by atoms with Gasteiger partial charge in [-0.05, 0) is 37.6 Å².